The molecule has 3 N–H and O–H groups in total. The number of hydrogen-bond donors (Lipinski definition) is 3. The van der Waals surface area contributed by atoms with Crippen molar-refractivity contribution < 1.29 is 9.53 Å². The van der Waals surface area contributed by atoms with Gasteiger partial charge < -0.3 is 15.4 Å². The number of fused-ring (bicyclic) bond motifs is 1. The van der Waals surface area contributed by atoms with Gasteiger partial charge in [0, 0.05) is 34.4 Å². The molecule has 0 atom stereocenters. The average Bonchev–Trinajstić information content (AvgIpc) is 3.45. The van der Waals surface area contributed by atoms with E-state index in [1.807, 2.05) is 66.9 Å². The van der Waals surface area contributed by atoms with Gasteiger partial charge in [-0.1, -0.05) is 35.9 Å². The van der Waals surface area contributed by atoms with Crippen LogP contribution in [0.25, 0.3) is 33.4 Å². The van der Waals surface area contributed by atoms with Crippen LogP contribution in [0, 0.1) is 6.92 Å². The van der Waals surface area contributed by atoms with Gasteiger partial charge in [0.25, 0.3) is 5.91 Å². The lowest BCUT2D eigenvalue weighted by Crippen LogP contribution is -2.41. The predicted molar refractivity (Wildman–Crippen MR) is 148 cm³/mol. The van der Waals surface area contributed by atoms with Crippen molar-refractivity contribution in [3.63, 3.8) is 0 Å². The maximum absolute atomic E-state index is 12.2. The van der Waals surface area contributed by atoms with E-state index in [2.05, 4.69) is 33.8 Å². The number of H-pyrrole nitrogens is 1. The van der Waals surface area contributed by atoms with Gasteiger partial charge in [0.15, 0.2) is 12.4 Å². The molecule has 3 aromatic carbocycles. The van der Waals surface area contributed by atoms with Crippen molar-refractivity contribution in [2.24, 2.45) is 0 Å². The van der Waals surface area contributed by atoms with Crippen molar-refractivity contribution in [3.05, 3.63) is 84.7 Å². The van der Waals surface area contributed by atoms with Crippen LogP contribution in [0.1, 0.15) is 24.8 Å². The van der Waals surface area contributed by atoms with E-state index in [1.165, 1.54) is 6.42 Å². The molecular formula is C30H28N6O2. The molecule has 1 aliphatic rings. The number of anilines is 2. The van der Waals surface area contributed by atoms with Crippen molar-refractivity contribution >= 4 is 28.3 Å². The van der Waals surface area contributed by atoms with Crippen molar-refractivity contribution in [1.29, 1.82) is 0 Å². The SMILES string of the molecule is Cc1ccc2nc(-c3cccc(OCC(=O)NC4CCC4)c3)nc(Nc3ccc(-c4cn[nH]c4)cc3)c2c1. The molecule has 0 aliphatic heterocycles. The summed E-state index contributed by atoms with van der Waals surface area (Å²) in [6, 6.07) is 22.1. The molecule has 2 aromatic heterocycles. The molecule has 2 heterocycles. The number of amides is 1. The third-order valence-corrected chi connectivity index (χ3v) is 6.76. The van der Waals surface area contributed by atoms with Crippen molar-refractivity contribution in [2.45, 2.75) is 32.2 Å². The highest BCUT2D eigenvalue weighted by Gasteiger charge is 2.19. The van der Waals surface area contributed by atoms with Crippen LogP contribution < -0.4 is 15.4 Å². The molecule has 6 rings (SSSR count). The Morgan fingerprint density at radius 2 is 1.87 bits per heavy atom. The van der Waals surface area contributed by atoms with Crippen molar-refractivity contribution in [3.8, 4) is 28.3 Å². The first kappa shape index (κ1) is 23.7. The van der Waals surface area contributed by atoms with Gasteiger partial charge in [0.05, 0.1) is 11.7 Å². The molecule has 0 radical (unpaired) electrons. The van der Waals surface area contributed by atoms with E-state index < -0.39 is 0 Å². The van der Waals surface area contributed by atoms with Crippen LogP contribution in [0.2, 0.25) is 0 Å². The van der Waals surface area contributed by atoms with Crippen molar-refractivity contribution in [1.82, 2.24) is 25.5 Å². The number of benzene rings is 3. The second-order valence-electron chi connectivity index (χ2n) is 9.62. The lowest BCUT2D eigenvalue weighted by atomic mass is 9.93. The highest BCUT2D eigenvalue weighted by atomic mass is 16.5. The van der Waals surface area contributed by atoms with Crippen LogP contribution in [0.4, 0.5) is 11.5 Å². The minimum absolute atomic E-state index is 0.0145. The Kier molecular flexibility index (Phi) is 6.44. The van der Waals surface area contributed by atoms with E-state index in [0.717, 1.165) is 57.5 Å². The minimum atomic E-state index is -0.0947. The molecule has 0 spiro atoms. The summed E-state index contributed by atoms with van der Waals surface area (Å²) in [5.74, 6) is 1.80. The summed E-state index contributed by atoms with van der Waals surface area (Å²) in [7, 11) is 0. The number of carbonyl (C=O) groups excluding carboxylic acids is 1. The lowest BCUT2D eigenvalue weighted by Gasteiger charge is -2.26. The van der Waals surface area contributed by atoms with Gasteiger partial charge in [-0.3, -0.25) is 9.89 Å². The van der Waals surface area contributed by atoms with Crippen LogP contribution in [0.15, 0.2) is 79.1 Å². The monoisotopic (exact) mass is 504 g/mol. The molecule has 8 nitrogen and oxygen atoms in total. The standard InChI is InChI=1S/C30H28N6O2/c1-19-8-13-27-26(14-19)30(34-24-11-9-20(10-12-24)22-16-31-32-17-22)36-29(35-27)21-4-2-7-25(15-21)38-18-28(37)33-23-5-3-6-23/h2,4,7-17,23H,3,5-6,18H2,1H3,(H,31,32)(H,33,37)(H,34,35,36). The highest BCUT2D eigenvalue weighted by molar-refractivity contribution is 5.93. The number of aromatic nitrogens is 4. The minimum Gasteiger partial charge on any atom is -0.484 e. The number of carbonyl (C=O) groups is 1. The number of hydrogen-bond acceptors (Lipinski definition) is 6. The van der Waals surface area contributed by atoms with Crippen LogP contribution >= 0.6 is 0 Å². The molecule has 0 saturated heterocycles. The molecule has 8 heteroatoms. The summed E-state index contributed by atoms with van der Waals surface area (Å²) in [5, 5.41) is 14.3. The van der Waals surface area contributed by atoms with Gasteiger partial charge in [-0.15, -0.1) is 0 Å². The Morgan fingerprint density at radius 3 is 2.63 bits per heavy atom. The second-order valence-corrected chi connectivity index (χ2v) is 9.62. The zero-order valence-electron chi connectivity index (χ0n) is 21.1. The Morgan fingerprint density at radius 1 is 1.00 bits per heavy atom. The first-order valence-electron chi connectivity index (χ1n) is 12.8. The van der Waals surface area contributed by atoms with Gasteiger partial charge in [-0.25, -0.2) is 9.97 Å². The van der Waals surface area contributed by atoms with Gasteiger partial charge in [0.1, 0.15) is 11.6 Å². The maximum Gasteiger partial charge on any atom is 0.258 e. The summed E-state index contributed by atoms with van der Waals surface area (Å²) in [6.45, 7) is 2.04. The summed E-state index contributed by atoms with van der Waals surface area (Å²) in [5.41, 5.74) is 5.80. The number of rotatable bonds is 8. The summed E-state index contributed by atoms with van der Waals surface area (Å²) in [4.78, 5) is 21.9. The average molecular weight is 505 g/mol. The maximum atomic E-state index is 12.2. The van der Waals surface area contributed by atoms with Gasteiger partial charge in [0.2, 0.25) is 0 Å². The first-order chi connectivity index (χ1) is 18.6. The number of ether oxygens (including phenoxy) is 1. The number of aryl methyl sites for hydroxylation is 1. The highest BCUT2D eigenvalue weighted by Crippen LogP contribution is 2.30. The molecule has 1 amide bonds. The third-order valence-electron chi connectivity index (χ3n) is 6.76. The summed E-state index contributed by atoms with van der Waals surface area (Å²) in [6.07, 6.45) is 6.94. The van der Waals surface area contributed by atoms with E-state index in [9.17, 15) is 4.79 Å². The molecule has 0 unspecified atom stereocenters. The lowest BCUT2D eigenvalue weighted by molar-refractivity contribution is -0.124. The van der Waals surface area contributed by atoms with E-state index in [4.69, 9.17) is 14.7 Å². The first-order valence-corrected chi connectivity index (χ1v) is 12.8. The number of nitrogens with zero attached hydrogens (tertiary/aromatic N) is 3. The Bertz CT molecular complexity index is 1580. The van der Waals surface area contributed by atoms with Gasteiger partial charge in [-0.2, -0.15) is 5.10 Å². The molecule has 1 aliphatic carbocycles. The van der Waals surface area contributed by atoms with Crippen LogP contribution in [-0.2, 0) is 4.79 Å². The normalized spacial score (nSPS) is 13.2. The summed E-state index contributed by atoms with van der Waals surface area (Å²) < 4.78 is 5.78. The number of nitrogens with one attached hydrogen (secondary N) is 3. The Labute approximate surface area is 220 Å². The fourth-order valence-electron chi connectivity index (χ4n) is 4.45. The third kappa shape index (κ3) is 5.20. The van der Waals surface area contributed by atoms with Crippen LogP contribution in [0.5, 0.6) is 5.75 Å². The quantitative estimate of drug-likeness (QED) is 0.247. The van der Waals surface area contributed by atoms with E-state index in [-0.39, 0.29) is 12.5 Å². The zero-order valence-corrected chi connectivity index (χ0v) is 21.1. The molecule has 190 valence electrons. The molecule has 38 heavy (non-hydrogen) atoms. The van der Waals surface area contributed by atoms with Crippen LogP contribution in [-0.4, -0.2) is 38.7 Å². The fraction of sp³-hybridized carbons (Fsp3) is 0.200. The molecule has 1 fully saturated rings. The van der Waals surface area contributed by atoms with E-state index >= 15 is 0 Å². The topological polar surface area (TPSA) is 105 Å². The Hall–Kier alpha value is -4.72. The van der Waals surface area contributed by atoms with Gasteiger partial charge in [-0.05, 0) is 68.1 Å². The second kappa shape index (κ2) is 10.3. The molecule has 5 aromatic rings. The molecule has 1 saturated carbocycles. The predicted octanol–water partition coefficient (Wildman–Crippen LogP) is 5.79. The van der Waals surface area contributed by atoms with Crippen LogP contribution in [0.3, 0.4) is 0 Å². The van der Waals surface area contributed by atoms with Crippen molar-refractivity contribution in [2.75, 3.05) is 11.9 Å². The smallest absolute Gasteiger partial charge is 0.258 e. The molecular weight excluding hydrogens is 476 g/mol. The molecule has 0 bridgehead atoms. The van der Waals surface area contributed by atoms with E-state index in [0.29, 0.717) is 17.6 Å². The summed E-state index contributed by atoms with van der Waals surface area (Å²) >= 11 is 0. The fourth-order valence-corrected chi connectivity index (χ4v) is 4.45. The van der Waals surface area contributed by atoms with Gasteiger partial charge >= 0.3 is 0 Å². The largest absolute Gasteiger partial charge is 0.484 e. The Balaban J connectivity index is 1.27. The number of aromatic amines is 1. The van der Waals surface area contributed by atoms with E-state index in [1.54, 1.807) is 6.20 Å². The zero-order chi connectivity index (χ0) is 25.9.